The van der Waals surface area contributed by atoms with Gasteiger partial charge in [-0.3, -0.25) is 4.79 Å². The molecule has 152 valence electrons. The Bertz CT molecular complexity index is 926. The van der Waals surface area contributed by atoms with Crippen molar-refractivity contribution in [3.63, 3.8) is 0 Å². The summed E-state index contributed by atoms with van der Waals surface area (Å²) in [5, 5.41) is 0.757. The molecule has 0 saturated carbocycles. The third kappa shape index (κ3) is 4.71. The molecule has 1 aromatic heterocycles. The minimum Gasteiger partial charge on any atom is -0.479 e. The maximum Gasteiger partial charge on any atom is 0.347 e. The van der Waals surface area contributed by atoms with Gasteiger partial charge in [-0.25, -0.2) is 9.59 Å². The van der Waals surface area contributed by atoms with Gasteiger partial charge < -0.3 is 18.6 Å². The minimum atomic E-state index is -0.784. The lowest BCUT2D eigenvalue weighted by atomic mass is 10.0. The standard InChI is InChI=1S/C21H26O7/c1-6-25-18(22)11-9-16-12(3)15-8-10-17(13(4)19(15)28-21(16)24)27-14(5)20(23)26-7-2/h8,10,14H,6-7,9,11H2,1-5H3. The first-order valence-corrected chi connectivity index (χ1v) is 9.34. The van der Waals surface area contributed by atoms with E-state index in [0.717, 1.165) is 10.9 Å². The summed E-state index contributed by atoms with van der Waals surface area (Å²) < 4.78 is 21.1. The van der Waals surface area contributed by atoms with Gasteiger partial charge in [0.1, 0.15) is 11.3 Å². The zero-order valence-corrected chi connectivity index (χ0v) is 16.9. The SMILES string of the molecule is CCOC(=O)CCc1c(C)c2ccc(OC(C)C(=O)OCC)c(C)c2oc1=O. The molecule has 7 nitrogen and oxygen atoms in total. The van der Waals surface area contributed by atoms with Crippen LogP contribution in [0.5, 0.6) is 5.75 Å². The highest BCUT2D eigenvalue weighted by Gasteiger charge is 2.20. The predicted molar refractivity (Wildman–Crippen MR) is 104 cm³/mol. The summed E-state index contributed by atoms with van der Waals surface area (Å²) in [4.78, 5) is 35.9. The molecule has 1 unspecified atom stereocenters. The van der Waals surface area contributed by atoms with Crippen LogP contribution in [-0.2, 0) is 25.5 Å². The van der Waals surface area contributed by atoms with Crippen molar-refractivity contribution in [1.82, 2.24) is 0 Å². The zero-order valence-electron chi connectivity index (χ0n) is 16.9. The lowest BCUT2D eigenvalue weighted by molar-refractivity contribution is -0.150. The van der Waals surface area contributed by atoms with Crippen molar-refractivity contribution in [2.45, 2.75) is 53.6 Å². The van der Waals surface area contributed by atoms with E-state index in [1.165, 1.54) is 0 Å². The van der Waals surface area contributed by atoms with Crippen LogP contribution in [0.4, 0.5) is 0 Å². The largest absolute Gasteiger partial charge is 0.479 e. The molecule has 7 heteroatoms. The Balaban J connectivity index is 2.35. The molecule has 0 aliphatic rings. The molecule has 2 aromatic rings. The second-order valence-corrected chi connectivity index (χ2v) is 6.38. The quantitative estimate of drug-likeness (QED) is 0.505. The Morgan fingerprint density at radius 3 is 2.39 bits per heavy atom. The summed E-state index contributed by atoms with van der Waals surface area (Å²) in [7, 11) is 0. The molecular formula is C21H26O7. The summed E-state index contributed by atoms with van der Waals surface area (Å²) in [6.45, 7) is 9.21. The van der Waals surface area contributed by atoms with Crippen molar-refractivity contribution < 1.29 is 28.2 Å². The van der Waals surface area contributed by atoms with Crippen LogP contribution in [0.1, 0.15) is 43.9 Å². The number of benzene rings is 1. The molecule has 0 fully saturated rings. The van der Waals surface area contributed by atoms with Crippen LogP contribution in [0, 0.1) is 13.8 Å². The van der Waals surface area contributed by atoms with Crippen molar-refractivity contribution in [3.8, 4) is 5.75 Å². The second kappa shape index (κ2) is 9.39. The molecule has 0 radical (unpaired) electrons. The van der Waals surface area contributed by atoms with Gasteiger partial charge in [0, 0.05) is 22.9 Å². The third-order valence-electron chi connectivity index (χ3n) is 4.46. The van der Waals surface area contributed by atoms with E-state index in [0.29, 0.717) is 29.1 Å². The smallest absolute Gasteiger partial charge is 0.347 e. The van der Waals surface area contributed by atoms with Crippen molar-refractivity contribution in [2.24, 2.45) is 0 Å². The van der Waals surface area contributed by atoms with Crippen LogP contribution < -0.4 is 10.4 Å². The molecule has 0 spiro atoms. The number of ether oxygens (including phenoxy) is 3. The van der Waals surface area contributed by atoms with Crippen LogP contribution in [0.15, 0.2) is 21.3 Å². The molecule has 0 saturated heterocycles. The van der Waals surface area contributed by atoms with Gasteiger partial charge in [0.15, 0.2) is 6.10 Å². The summed E-state index contributed by atoms with van der Waals surface area (Å²) in [5.74, 6) is -0.377. The van der Waals surface area contributed by atoms with Gasteiger partial charge in [0.05, 0.1) is 13.2 Å². The third-order valence-corrected chi connectivity index (χ3v) is 4.46. The maximum atomic E-state index is 12.5. The Morgan fingerprint density at radius 2 is 1.75 bits per heavy atom. The Morgan fingerprint density at radius 1 is 1.07 bits per heavy atom. The second-order valence-electron chi connectivity index (χ2n) is 6.38. The van der Waals surface area contributed by atoms with Gasteiger partial charge in [-0.2, -0.15) is 0 Å². The van der Waals surface area contributed by atoms with Gasteiger partial charge in [-0.1, -0.05) is 0 Å². The molecule has 0 N–H and O–H groups in total. The Hall–Kier alpha value is -2.83. The zero-order chi connectivity index (χ0) is 20.8. The average molecular weight is 390 g/mol. The molecule has 0 aliphatic heterocycles. The van der Waals surface area contributed by atoms with Gasteiger partial charge in [0.2, 0.25) is 0 Å². The molecule has 1 aromatic carbocycles. The normalized spacial score (nSPS) is 11.9. The number of aryl methyl sites for hydroxylation is 2. The lowest BCUT2D eigenvalue weighted by Gasteiger charge is -2.16. The van der Waals surface area contributed by atoms with E-state index in [1.54, 1.807) is 39.8 Å². The number of hydrogen-bond acceptors (Lipinski definition) is 7. The monoisotopic (exact) mass is 390 g/mol. The highest BCUT2D eigenvalue weighted by Crippen LogP contribution is 2.30. The number of esters is 2. The first-order chi connectivity index (χ1) is 13.3. The molecule has 1 heterocycles. The molecule has 0 bridgehead atoms. The van der Waals surface area contributed by atoms with Crippen molar-refractivity contribution in [3.05, 3.63) is 39.2 Å². The molecule has 2 rings (SSSR count). The number of fused-ring (bicyclic) bond motifs is 1. The molecule has 28 heavy (non-hydrogen) atoms. The summed E-state index contributed by atoms with van der Waals surface area (Å²) in [6, 6.07) is 3.51. The van der Waals surface area contributed by atoms with Crippen LogP contribution in [0.25, 0.3) is 11.0 Å². The van der Waals surface area contributed by atoms with Crippen LogP contribution in [-0.4, -0.2) is 31.3 Å². The van der Waals surface area contributed by atoms with Gasteiger partial charge >= 0.3 is 17.6 Å². The first-order valence-electron chi connectivity index (χ1n) is 9.34. The molecule has 0 amide bonds. The van der Waals surface area contributed by atoms with E-state index < -0.39 is 17.7 Å². The summed E-state index contributed by atoms with van der Waals surface area (Å²) in [5.41, 5.74) is 1.73. The van der Waals surface area contributed by atoms with Crippen molar-refractivity contribution >= 4 is 22.9 Å². The first kappa shape index (κ1) is 21.5. The van der Waals surface area contributed by atoms with E-state index in [-0.39, 0.29) is 25.4 Å². The Labute approximate surface area is 163 Å². The fraction of sp³-hybridized carbons (Fsp3) is 0.476. The molecule has 1 atom stereocenters. The maximum absolute atomic E-state index is 12.5. The highest BCUT2D eigenvalue weighted by atomic mass is 16.6. The van der Waals surface area contributed by atoms with E-state index in [1.807, 2.05) is 6.92 Å². The van der Waals surface area contributed by atoms with Crippen molar-refractivity contribution in [2.75, 3.05) is 13.2 Å². The van der Waals surface area contributed by atoms with E-state index in [9.17, 15) is 14.4 Å². The van der Waals surface area contributed by atoms with Gasteiger partial charge in [-0.15, -0.1) is 0 Å². The molecular weight excluding hydrogens is 364 g/mol. The topological polar surface area (TPSA) is 92.0 Å². The minimum absolute atomic E-state index is 0.113. The number of hydrogen-bond donors (Lipinski definition) is 0. The Kier molecular flexibility index (Phi) is 7.20. The fourth-order valence-electron chi connectivity index (χ4n) is 2.95. The average Bonchev–Trinajstić information content (AvgIpc) is 2.64. The van der Waals surface area contributed by atoms with Crippen molar-refractivity contribution in [1.29, 1.82) is 0 Å². The van der Waals surface area contributed by atoms with Gasteiger partial charge in [0.25, 0.3) is 0 Å². The van der Waals surface area contributed by atoms with Crippen LogP contribution in [0.3, 0.4) is 0 Å². The fourth-order valence-corrected chi connectivity index (χ4v) is 2.95. The molecule has 0 aliphatic carbocycles. The number of carbonyl (C=O) groups is 2. The summed E-state index contributed by atoms with van der Waals surface area (Å²) >= 11 is 0. The van der Waals surface area contributed by atoms with E-state index >= 15 is 0 Å². The number of carbonyl (C=O) groups excluding carboxylic acids is 2. The van der Waals surface area contributed by atoms with Gasteiger partial charge in [-0.05, 0) is 58.7 Å². The predicted octanol–water partition coefficient (Wildman–Crippen LogP) is 3.24. The van der Waals surface area contributed by atoms with Crippen LogP contribution >= 0.6 is 0 Å². The lowest BCUT2D eigenvalue weighted by Crippen LogP contribution is -2.26. The highest BCUT2D eigenvalue weighted by molar-refractivity contribution is 5.86. The van der Waals surface area contributed by atoms with Crippen LogP contribution in [0.2, 0.25) is 0 Å². The van der Waals surface area contributed by atoms with E-state index in [4.69, 9.17) is 18.6 Å². The number of rotatable bonds is 8. The van der Waals surface area contributed by atoms with E-state index in [2.05, 4.69) is 0 Å². The summed E-state index contributed by atoms with van der Waals surface area (Å²) in [6.07, 6.45) is -0.421.